The number of hydrogen-bond acceptors (Lipinski definition) is 10. The first-order valence-electron chi connectivity index (χ1n) is 10.6. The molecule has 1 aliphatic rings. The molecule has 1 saturated heterocycles. The molecule has 3 atom stereocenters. The van der Waals surface area contributed by atoms with Crippen molar-refractivity contribution in [3.63, 3.8) is 0 Å². The number of nitrogens with two attached hydrogens (primary N) is 1. The first kappa shape index (κ1) is 26.2. The Bertz CT molecular complexity index is 1150. The minimum Gasteiger partial charge on any atom is -0.477 e. The maximum Gasteiger partial charge on any atom is 0.360 e. The normalized spacial score (nSPS) is 20.0. The Morgan fingerprint density at radius 3 is 2.77 bits per heavy atom. The van der Waals surface area contributed by atoms with E-state index >= 15 is 0 Å². The number of carbonyl (C=O) groups is 2. The molecule has 13 heteroatoms. The van der Waals surface area contributed by atoms with E-state index in [1.807, 2.05) is 6.07 Å². The van der Waals surface area contributed by atoms with E-state index in [0.29, 0.717) is 17.5 Å². The number of carboxylic acid groups (broad SMARTS) is 1. The van der Waals surface area contributed by atoms with Gasteiger partial charge in [0.25, 0.3) is 5.91 Å². The standard InChI is InChI=1S/C22H25N5O7S/c1-22(2,31)11-33-27-19(28)16-17(24)25-18(13-5-3-4-12(8-13)10-23)26-20(16)34-14-6-7-35(32)15(9-14)21(29)30/h3-5,8,14-15,31-32H,6-7,9,11H2,1-2H3,(H3-,24,25,26,27,28,29,30)/p+1/t14-,15?,35?/m0/s1. The second-order valence-corrected chi connectivity index (χ2v) is 10.3. The molecule has 12 nitrogen and oxygen atoms in total. The lowest BCUT2D eigenvalue weighted by atomic mass is 10.1. The predicted octanol–water partition coefficient (Wildman–Crippen LogP) is 1.12. The number of nitrogens with zero attached hydrogens (tertiary/aromatic N) is 3. The van der Waals surface area contributed by atoms with Gasteiger partial charge < -0.3 is 20.7 Å². The number of nitrogens with one attached hydrogen (secondary N) is 1. The van der Waals surface area contributed by atoms with Crippen molar-refractivity contribution < 1.29 is 33.9 Å². The molecule has 0 spiro atoms. The lowest BCUT2D eigenvalue weighted by molar-refractivity contribution is -0.137. The molecule has 6 N–H and O–H groups in total. The Morgan fingerprint density at radius 1 is 1.37 bits per heavy atom. The van der Waals surface area contributed by atoms with E-state index in [4.69, 9.17) is 15.3 Å². The van der Waals surface area contributed by atoms with Crippen molar-refractivity contribution in [2.45, 2.75) is 43.6 Å². The second kappa shape index (κ2) is 10.9. The topological polar surface area (TPSA) is 201 Å². The zero-order valence-electron chi connectivity index (χ0n) is 19.1. The fourth-order valence-electron chi connectivity index (χ4n) is 3.29. The van der Waals surface area contributed by atoms with Crippen molar-refractivity contribution in [2.75, 3.05) is 18.1 Å². The van der Waals surface area contributed by atoms with E-state index in [9.17, 15) is 29.6 Å². The third kappa shape index (κ3) is 6.80. The number of aliphatic hydroxyl groups is 1. The molecule has 1 aliphatic heterocycles. The summed E-state index contributed by atoms with van der Waals surface area (Å²) in [4.78, 5) is 38.0. The number of anilines is 1. The van der Waals surface area contributed by atoms with Crippen LogP contribution in [0.25, 0.3) is 11.4 Å². The van der Waals surface area contributed by atoms with Crippen LogP contribution in [0.3, 0.4) is 0 Å². The van der Waals surface area contributed by atoms with Gasteiger partial charge in [0.15, 0.2) is 17.0 Å². The van der Waals surface area contributed by atoms with E-state index in [2.05, 4.69) is 15.4 Å². The zero-order chi connectivity index (χ0) is 25.8. The summed E-state index contributed by atoms with van der Waals surface area (Å²) < 4.78 is 16.0. The molecular formula is C22H26N5O7S+. The average Bonchev–Trinajstić information content (AvgIpc) is 2.79. The Balaban J connectivity index is 1.96. The largest absolute Gasteiger partial charge is 0.477 e. The number of carboxylic acids is 1. The number of nitriles is 1. The van der Waals surface area contributed by atoms with Crippen LogP contribution >= 0.6 is 0 Å². The van der Waals surface area contributed by atoms with Gasteiger partial charge in [0.2, 0.25) is 11.1 Å². The van der Waals surface area contributed by atoms with Crippen LogP contribution in [-0.2, 0) is 20.8 Å². The number of aromatic nitrogens is 2. The molecule has 1 aromatic carbocycles. The number of benzene rings is 1. The third-order valence-electron chi connectivity index (χ3n) is 4.98. The van der Waals surface area contributed by atoms with E-state index < -0.39 is 40.0 Å². The molecule has 1 amide bonds. The molecular weight excluding hydrogens is 478 g/mol. The molecule has 1 fully saturated rings. The molecule has 2 heterocycles. The Kier molecular flexibility index (Phi) is 8.13. The van der Waals surface area contributed by atoms with Crippen LogP contribution in [0.4, 0.5) is 5.82 Å². The van der Waals surface area contributed by atoms with E-state index in [1.165, 1.54) is 13.8 Å². The smallest absolute Gasteiger partial charge is 0.360 e. The summed E-state index contributed by atoms with van der Waals surface area (Å²) in [6.07, 6.45) is -0.319. The van der Waals surface area contributed by atoms with Gasteiger partial charge in [-0.2, -0.15) is 14.8 Å². The lowest BCUT2D eigenvalue weighted by Crippen LogP contribution is -2.42. The predicted molar refractivity (Wildman–Crippen MR) is 126 cm³/mol. The van der Waals surface area contributed by atoms with Gasteiger partial charge in [-0.15, -0.1) is 0 Å². The maximum atomic E-state index is 12.9. The number of hydrogen-bond donors (Lipinski definition) is 5. The SMILES string of the molecule is CC(C)(O)CONC(=O)c1c(N)nc(-c2cccc(C#N)c2)nc1O[C@H]1CC[S+](O)C(C(=O)O)C1. The van der Waals surface area contributed by atoms with Gasteiger partial charge in [-0.1, -0.05) is 12.1 Å². The summed E-state index contributed by atoms with van der Waals surface area (Å²) in [5.74, 6) is -2.09. The van der Waals surface area contributed by atoms with Crippen LogP contribution in [-0.4, -0.2) is 65.9 Å². The van der Waals surface area contributed by atoms with Crippen LogP contribution in [0.1, 0.15) is 42.6 Å². The highest BCUT2D eigenvalue weighted by atomic mass is 32.2. The first-order chi connectivity index (χ1) is 16.5. The Morgan fingerprint density at radius 2 is 2.11 bits per heavy atom. The fraction of sp³-hybridized carbons (Fsp3) is 0.409. The first-order valence-corrected chi connectivity index (χ1v) is 12.0. The Labute approximate surface area is 204 Å². The molecule has 0 radical (unpaired) electrons. The number of rotatable bonds is 8. The van der Waals surface area contributed by atoms with E-state index in [1.54, 1.807) is 24.3 Å². The van der Waals surface area contributed by atoms with Crippen molar-refractivity contribution in [2.24, 2.45) is 0 Å². The van der Waals surface area contributed by atoms with Gasteiger partial charge in [-0.05, 0) is 26.0 Å². The maximum absolute atomic E-state index is 12.9. The van der Waals surface area contributed by atoms with Gasteiger partial charge >= 0.3 is 5.97 Å². The van der Waals surface area contributed by atoms with Crippen LogP contribution in [0.5, 0.6) is 5.88 Å². The van der Waals surface area contributed by atoms with Crippen LogP contribution in [0.15, 0.2) is 24.3 Å². The monoisotopic (exact) mass is 504 g/mol. The zero-order valence-corrected chi connectivity index (χ0v) is 19.9. The summed E-state index contributed by atoms with van der Waals surface area (Å²) in [5.41, 5.74) is 7.64. The van der Waals surface area contributed by atoms with Gasteiger partial charge in [-0.25, -0.2) is 15.3 Å². The quantitative estimate of drug-likeness (QED) is 0.255. The number of carbonyl (C=O) groups excluding carboxylic acids is 1. The van der Waals surface area contributed by atoms with Crippen LogP contribution in [0.2, 0.25) is 0 Å². The number of amides is 1. The number of nitrogen functional groups attached to an aromatic ring is 1. The van der Waals surface area contributed by atoms with E-state index in [0.717, 1.165) is 0 Å². The van der Waals surface area contributed by atoms with E-state index in [-0.39, 0.29) is 41.9 Å². The molecule has 186 valence electrons. The molecule has 35 heavy (non-hydrogen) atoms. The van der Waals surface area contributed by atoms with Crippen LogP contribution < -0.4 is 16.0 Å². The van der Waals surface area contributed by atoms with Crippen LogP contribution in [0, 0.1) is 11.3 Å². The molecule has 0 saturated carbocycles. The number of aliphatic carboxylic acids is 1. The summed E-state index contributed by atoms with van der Waals surface area (Å²) in [7, 11) is 0. The summed E-state index contributed by atoms with van der Waals surface area (Å²) in [6.45, 7) is 2.77. The minimum absolute atomic E-state index is 0.00830. The summed E-state index contributed by atoms with van der Waals surface area (Å²) in [6, 6.07) is 8.46. The molecule has 3 rings (SSSR count). The Hall–Kier alpha value is -3.44. The highest BCUT2D eigenvalue weighted by Gasteiger charge is 2.44. The number of ether oxygens (including phenoxy) is 1. The second-order valence-electron chi connectivity index (χ2n) is 8.53. The van der Waals surface area contributed by atoms with Crippen molar-refractivity contribution in [3.8, 4) is 23.3 Å². The molecule has 0 aliphatic carbocycles. The molecule has 2 aromatic rings. The van der Waals surface area contributed by atoms with Crippen molar-refractivity contribution in [3.05, 3.63) is 35.4 Å². The van der Waals surface area contributed by atoms with Gasteiger partial charge in [-0.3, -0.25) is 9.63 Å². The van der Waals surface area contributed by atoms with Crippen molar-refractivity contribution in [1.29, 1.82) is 5.26 Å². The molecule has 2 unspecified atom stereocenters. The third-order valence-corrected chi connectivity index (χ3v) is 6.68. The highest BCUT2D eigenvalue weighted by Crippen LogP contribution is 2.30. The highest BCUT2D eigenvalue weighted by molar-refractivity contribution is 7.92. The summed E-state index contributed by atoms with van der Waals surface area (Å²) >= 11 is -1.30. The van der Waals surface area contributed by atoms with Crippen molar-refractivity contribution in [1.82, 2.24) is 15.4 Å². The summed E-state index contributed by atoms with van der Waals surface area (Å²) in [5, 5.41) is 27.4. The van der Waals surface area contributed by atoms with Crippen molar-refractivity contribution >= 4 is 28.9 Å². The molecule has 0 bridgehead atoms. The molecule has 1 aromatic heterocycles. The average molecular weight is 505 g/mol. The van der Waals surface area contributed by atoms with Gasteiger partial charge in [0.1, 0.15) is 29.8 Å². The fourth-order valence-corrected chi connectivity index (χ4v) is 4.74. The lowest BCUT2D eigenvalue weighted by Gasteiger charge is -2.25. The van der Waals surface area contributed by atoms with Gasteiger partial charge in [0.05, 0.1) is 17.2 Å². The minimum atomic E-state index is -1.30. The van der Waals surface area contributed by atoms with Gasteiger partial charge in [0, 0.05) is 18.4 Å². The number of hydroxylamine groups is 1.